The quantitative estimate of drug-likeness (QED) is 0.685. The summed E-state index contributed by atoms with van der Waals surface area (Å²) in [5.41, 5.74) is 0.807. The SMILES string of the molecule is C[C@@H]1CN(C(=O)CCl)c2ccccc2O1. The van der Waals surface area contributed by atoms with Gasteiger partial charge in [0.15, 0.2) is 0 Å². The number of halogens is 1. The van der Waals surface area contributed by atoms with E-state index in [1.807, 2.05) is 31.2 Å². The summed E-state index contributed by atoms with van der Waals surface area (Å²) in [6.45, 7) is 2.49. The van der Waals surface area contributed by atoms with Crippen LogP contribution in [0.4, 0.5) is 5.69 Å². The standard InChI is InChI=1S/C11H12ClNO2/c1-8-7-13(11(14)6-12)9-4-2-3-5-10(9)15-8/h2-5,8H,6-7H2,1H3/t8-/m1/s1. The van der Waals surface area contributed by atoms with Crippen LogP contribution in [0.1, 0.15) is 6.92 Å². The molecular weight excluding hydrogens is 214 g/mol. The number of hydrogen-bond donors (Lipinski definition) is 0. The molecule has 0 bridgehead atoms. The Bertz CT molecular complexity index is 381. The first-order valence-corrected chi connectivity index (χ1v) is 5.38. The molecule has 3 nitrogen and oxygen atoms in total. The Morgan fingerprint density at radius 2 is 2.33 bits per heavy atom. The summed E-state index contributed by atoms with van der Waals surface area (Å²) in [4.78, 5) is 13.3. The predicted octanol–water partition coefficient (Wildman–Crippen LogP) is 2.04. The van der Waals surface area contributed by atoms with Crippen molar-refractivity contribution in [3.63, 3.8) is 0 Å². The number of carbonyl (C=O) groups excluding carboxylic acids is 1. The topological polar surface area (TPSA) is 29.5 Å². The Balaban J connectivity index is 2.38. The molecule has 1 atom stereocenters. The second kappa shape index (κ2) is 4.11. The van der Waals surface area contributed by atoms with Gasteiger partial charge in [0.25, 0.3) is 0 Å². The zero-order valence-corrected chi connectivity index (χ0v) is 9.20. The van der Waals surface area contributed by atoms with Crippen LogP contribution in [-0.4, -0.2) is 24.4 Å². The first-order valence-electron chi connectivity index (χ1n) is 4.84. The fraction of sp³-hybridized carbons (Fsp3) is 0.364. The van der Waals surface area contributed by atoms with Crippen molar-refractivity contribution in [2.45, 2.75) is 13.0 Å². The van der Waals surface area contributed by atoms with Crippen LogP contribution < -0.4 is 9.64 Å². The third-order valence-electron chi connectivity index (χ3n) is 2.34. The van der Waals surface area contributed by atoms with Crippen molar-refractivity contribution in [3.8, 4) is 5.75 Å². The number of anilines is 1. The summed E-state index contributed by atoms with van der Waals surface area (Å²) in [6, 6.07) is 7.50. The average Bonchev–Trinajstić information content (AvgIpc) is 2.26. The predicted molar refractivity (Wildman–Crippen MR) is 59.6 cm³/mol. The molecule has 1 aliphatic heterocycles. The van der Waals surface area contributed by atoms with Gasteiger partial charge in [-0.05, 0) is 19.1 Å². The van der Waals surface area contributed by atoms with Gasteiger partial charge in [-0.3, -0.25) is 4.79 Å². The molecule has 0 saturated heterocycles. The highest BCUT2D eigenvalue weighted by Gasteiger charge is 2.26. The maximum Gasteiger partial charge on any atom is 0.242 e. The van der Waals surface area contributed by atoms with E-state index >= 15 is 0 Å². The summed E-state index contributed by atoms with van der Waals surface area (Å²) < 4.78 is 5.62. The van der Waals surface area contributed by atoms with Gasteiger partial charge in [0.2, 0.25) is 5.91 Å². The van der Waals surface area contributed by atoms with E-state index in [-0.39, 0.29) is 17.9 Å². The van der Waals surface area contributed by atoms with E-state index in [0.29, 0.717) is 6.54 Å². The van der Waals surface area contributed by atoms with Crippen molar-refractivity contribution in [1.29, 1.82) is 0 Å². The Labute approximate surface area is 93.6 Å². The van der Waals surface area contributed by atoms with Crippen LogP contribution >= 0.6 is 11.6 Å². The molecule has 0 aromatic heterocycles. The summed E-state index contributed by atoms with van der Waals surface area (Å²) in [6.07, 6.45) is 0.00654. The van der Waals surface area contributed by atoms with Crippen molar-refractivity contribution in [2.24, 2.45) is 0 Å². The van der Waals surface area contributed by atoms with Gasteiger partial charge >= 0.3 is 0 Å². The molecule has 0 N–H and O–H groups in total. The molecular formula is C11H12ClNO2. The molecule has 0 unspecified atom stereocenters. The van der Waals surface area contributed by atoms with Gasteiger partial charge < -0.3 is 9.64 Å². The van der Waals surface area contributed by atoms with E-state index < -0.39 is 0 Å². The minimum Gasteiger partial charge on any atom is -0.487 e. The zero-order valence-electron chi connectivity index (χ0n) is 8.44. The van der Waals surface area contributed by atoms with Crippen molar-refractivity contribution in [3.05, 3.63) is 24.3 Å². The molecule has 0 fully saturated rings. The highest BCUT2D eigenvalue weighted by Crippen LogP contribution is 2.32. The Morgan fingerprint density at radius 1 is 1.60 bits per heavy atom. The van der Waals surface area contributed by atoms with Crippen molar-refractivity contribution in [2.75, 3.05) is 17.3 Å². The number of carbonyl (C=O) groups is 1. The minimum absolute atomic E-state index is 0.00105. The largest absolute Gasteiger partial charge is 0.487 e. The number of benzene rings is 1. The molecule has 1 aromatic carbocycles. The monoisotopic (exact) mass is 225 g/mol. The van der Waals surface area contributed by atoms with Crippen LogP contribution in [0.3, 0.4) is 0 Å². The van der Waals surface area contributed by atoms with Gasteiger partial charge in [-0.25, -0.2) is 0 Å². The first-order chi connectivity index (χ1) is 7.22. The number of ether oxygens (including phenoxy) is 1. The lowest BCUT2D eigenvalue weighted by Crippen LogP contribution is -2.42. The van der Waals surface area contributed by atoms with Gasteiger partial charge in [-0.15, -0.1) is 11.6 Å². The van der Waals surface area contributed by atoms with E-state index in [9.17, 15) is 4.79 Å². The average molecular weight is 226 g/mol. The molecule has 0 spiro atoms. The molecule has 1 aliphatic rings. The number of alkyl halides is 1. The number of rotatable bonds is 1. The summed E-state index contributed by atoms with van der Waals surface area (Å²) >= 11 is 5.57. The molecule has 4 heteroatoms. The maximum atomic E-state index is 11.6. The fourth-order valence-corrected chi connectivity index (χ4v) is 1.84. The molecule has 1 heterocycles. The number of para-hydroxylation sites is 2. The van der Waals surface area contributed by atoms with Crippen molar-refractivity contribution >= 4 is 23.2 Å². The second-order valence-corrected chi connectivity index (χ2v) is 3.80. The summed E-state index contributed by atoms with van der Waals surface area (Å²) in [7, 11) is 0. The number of fused-ring (bicyclic) bond motifs is 1. The van der Waals surface area contributed by atoms with Crippen LogP contribution in [0.5, 0.6) is 5.75 Å². The minimum atomic E-state index is -0.0840. The normalized spacial score (nSPS) is 19.3. The van der Waals surface area contributed by atoms with E-state index in [2.05, 4.69) is 0 Å². The first kappa shape index (κ1) is 10.3. The third kappa shape index (κ3) is 1.92. The third-order valence-corrected chi connectivity index (χ3v) is 2.57. The lowest BCUT2D eigenvalue weighted by Gasteiger charge is -2.32. The zero-order chi connectivity index (χ0) is 10.8. The smallest absolute Gasteiger partial charge is 0.242 e. The maximum absolute atomic E-state index is 11.6. The Morgan fingerprint density at radius 3 is 3.07 bits per heavy atom. The molecule has 0 aliphatic carbocycles. The molecule has 15 heavy (non-hydrogen) atoms. The van der Waals surface area contributed by atoms with Crippen LogP contribution in [-0.2, 0) is 4.79 Å². The summed E-state index contributed by atoms with van der Waals surface area (Å²) in [5.74, 6) is 0.662. The van der Waals surface area contributed by atoms with E-state index in [1.165, 1.54) is 0 Å². The van der Waals surface area contributed by atoms with Crippen molar-refractivity contribution < 1.29 is 9.53 Å². The van der Waals surface area contributed by atoms with Crippen LogP contribution in [0, 0.1) is 0 Å². The molecule has 0 saturated carbocycles. The van der Waals surface area contributed by atoms with Crippen LogP contribution in [0.2, 0.25) is 0 Å². The molecule has 1 aromatic rings. The van der Waals surface area contributed by atoms with E-state index in [4.69, 9.17) is 16.3 Å². The van der Waals surface area contributed by atoms with Crippen LogP contribution in [0.25, 0.3) is 0 Å². The number of nitrogens with zero attached hydrogens (tertiary/aromatic N) is 1. The lowest BCUT2D eigenvalue weighted by atomic mass is 10.2. The Kier molecular flexibility index (Phi) is 2.82. The fourth-order valence-electron chi connectivity index (χ4n) is 1.70. The van der Waals surface area contributed by atoms with Gasteiger partial charge in [0, 0.05) is 0 Å². The Hall–Kier alpha value is -1.22. The second-order valence-electron chi connectivity index (χ2n) is 3.53. The lowest BCUT2D eigenvalue weighted by molar-refractivity contribution is -0.116. The molecule has 2 rings (SSSR count). The number of amides is 1. The van der Waals surface area contributed by atoms with Gasteiger partial charge in [0.05, 0.1) is 12.2 Å². The van der Waals surface area contributed by atoms with Crippen molar-refractivity contribution in [1.82, 2.24) is 0 Å². The van der Waals surface area contributed by atoms with E-state index in [1.54, 1.807) is 4.90 Å². The summed E-state index contributed by atoms with van der Waals surface area (Å²) in [5, 5.41) is 0. The van der Waals surface area contributed by atoms with Gasteiger partial charge in [-0.1, -0.05) is 12.1 Å². The van der Waals surface area contributed by atoms with E-state index in [0.717, 1.165) is 11.4 Å². The number of hydrogen-bond acceptors (Lipinski definition) is 2. The molecule has 0 radical (unpaired) electrons. The molecule has 1 amide bonds. The van der Waals surface area contributed by atoms with Gasteiger partial charge in [0.1, 0.15) is 17.7 Å². The van der Waals surface area contributed by atoms with Crippen LogP contribution in [0.15, 0.2) is 24.3 Å². The molecule has 80 valence electrons. The van der Waals surface area contributed by atoms with Gasteiger partial charge in [-0.2, -0.15) is 0 Å². The highest BCUT2D eigenvalue weighted by atomic mass is 35.5. The highest BCUT2D eigenvalue weighted by molar-refractivity contribution is 6.29.